The van der Waals surface area contributed by atoms with Gasteiger partial charge in [0.25, 0.3) is 6.43 Å². The first kappa shape index (κ1) is 14.6. The molecule has 22 heavy (non-hydrogen) atoms. The Morgan fingerprint density at radius 2 is 2.23 bits per heavy atom. The van der Waals surface area contributed by atoms with E-state index in [9.17, 15) is 13.6 Å². The van der Waals surface area contributed by atoms with Crippen molar-refractivity contribution >= 4 is 5.91 Å². The van der Waals surface area contributed by atoms with Gasteiger partial charge in [-0.1, -0.05) is 23.4 Å². The van der Waals surface area contributed by atoms with Crippen LogP contribution in [-0.2, 0) is 11.2 Å². The van der Waals surface area contributed by atoms with Gasteiger partial charge in [0, 0.05) is 18.7 Å². The maximum absolute atomic E-state index is 12.6. The van der Waals surface area contributed by atoms with E-state index in [0.29, 0.717) is 30.4 Å². The molecule has 2 aromatic rings. The fourth-order valence-corrected chi connectivity index (χ4v) is 2.44. The monoisotopic (exact) mass is 307 g/mol. The Hall–Kier alpha value is -2.31. The van der Waals surface area contributed by atoms with Crippen molar-refractivity contribution in [3.05, 3.63) is 47.1 Å². The third kappa shape index (κ3) is 2.98. The van der Waals surface area contributed by atoms with Gasteiger partial charge in [-0.05, 0) is 18.6 Å². The second-order valence-electron chi connectivity index (χ2n) is 5.40. The molecule has 1 amide bonds. The number of hydrogen-bond acceptors (Lipinski definition) is 4. The molecule has 0 aliphatic carbocycles. The summed E-state index contributed by atoms with van der Waals surface area (Å²) < 4.78 is 30.4. The lowest BCUT2D eigenvalue weighted by Gasteiger charge is -2.37. The lowest BCUT2D eigenvalue weighted by molar-refractivity contribution is -0.135. The average molecular weight is 307 g/mol. The molecular formula is C15H15F2N3O2. The fraction of sp³-hybridized carbons (Fsp3) is 0.400. The summed E-state index contributed by atoms with van der Waals surface area (Å²) in [6, 6.07) is 5.96. The van der Waals surface area contributed by atoms with Gasteiger partial charge in [-0.3, -0.25) is 4.79 Å². The quantitative estimate of drug-likeness (QED) is 0.870. The molecule has 1 aliphatic heterocycles. The number of alkyl halides is 2. The lowest BCUT2D eigenvalue weighted by atomic mass is 9.98. The van der Waals surface area contributed by atoms with E-state index in [1.54, 1.807) is 24.0 Å². The number of likely N-dealkylation sites (tertiary alicyclic amines) is 1. The Morgan fingerprint density at radius 1 is 1.45 bits per heavy atom. The number of halogens is 2. The number of carbonyl (C=O) groups excluding carboxylic acids is 1. The molecule has 1 aliphatic rings. The van der Waals surface area contributed by atoms with Crippen LogP contribution in [0.5, 0.6) is 0 Å². The highest BCUT2D eigenvalue weighted by Gasteiger charge is 2.35. The number of rotatable bonds is 4. The van der Waals surface area contributed by atoms with Crippen LogP contribution >= 0.6 is 0 Å². The van der Waals surface area contributed by atoms with E-state index in [0.717, 1.165) is 0 Å². The van der Waals surface area contributed by atoms with E-state index >= 15 is 0 Å². The van der Waals surface area contributed by atoms with Crippen LogP contribution in [0.25, 0.3) is 0 Å². The topological polar surface area (TPSA) is 59.2 Å². The van der Waals surface area contributed by atoms with Gasteiger partial charge in [0.15, 0.2) is 5.82 Å². The first-order valence-corrected chi connectivity index (χ1v) is 6.98. The molecule has 1 aromatic heterocycles. The summed E-state index contributed by atoms with van der Waals surface area (Å²) in [6.45, 7) is 2.79. The smallest absolute Gasteiger partial charge is 0.263 e. The SMILES string of the molecule is Cc1noc(C2CN(C(=O)Cc3cccc(C(F)F)c3)C2)n1. The molecule has 1 saturated heterocycles. The first-order chi connectivity index (χ1) is 10.5. The first-order valence-electron chi connectivity index (χ1n) is 6.98. The molecule has 1 fully saturated rings. The maximum Gasteiger partial charge on any atom is 0.263 e. The summed E-state index contributed by atoms with van der Waals surface area (Å²) in [5.41, 5.74) is 0.535. The minimum atomic E-state index is -2.52. The number of hydrogen-bond donors (Lipinski definition) is 0. The van der Waals surface area contributed by atoms with Crippen molar-refractivity contribution in [3.8, 4) is 0 Å². The molecule has 3 rings (SSSR count). The van der Waals surface area contributed by atoms with E-state index in [1.807, 2.05) is 0 Å². The standard InChI is InChI=1S/C15H15F2N3O2/c1-9-18-15(22-19-9)12-7-20(8-12)13(21)6-10-3-2-4-11(5-10)14(16)17/h2-5,12,14H,6-8H2,1H3. The van der Waals surface area contributed by atoms with E-state index in [2.05, 4.69) is 10.1 Å². The van der Waals surface area contributed by atoms with Gasteiger partial charge in [-0.2, -0.15) is 4.98 Å². The highest BCUT2D eigenvalue weighted by atomic mass is 19.3. The summed E-state index contributed by atoms with van der Waals surface area (Å²) in [5, 5.41) is 3.72. The van der Waals surface area contributed by atoms with Crippen LogP contribution < -0.4 is 0 Å². The predicted octanol–water partition coefficient (Wildman–Crippen LogP) is 2.48. The van der Waals surface area contributed by atoms with Gasteiger partial charge in [0.2, 0.25) is 11.8 Å². The molecule has 0 saturated carbocycles. The third-order valence-electron chi connectivity index (χ3n) is 3.69. The van der Waals surface area contributed by atoms with E-state index in [-0.39, 0.29) is 23.8 Å². The number of nitrogens with zero attached hydrogens (tertiary/aromatic N) is 3. The number of carbonyl (C=O) groups is 1. The summed E-state index contributed by atoms with van der Waals surface area (Å²) in [7, 11) is 0. The fourth-order valence-electron chi connectivity index (χ4n) is 2.44. The molecule has 0 spiro atoms. The van der Waals surface area contributed by atoms with E-state index in [1.165, 1.54) is 12.1 Å². The van der Waals surface area contributed by atoms with Gasteiger partial charge in [-0.25, -0.2) is 8.78 Å². The zero-order valence-electron chi connectivity index (χ0n) is 12.0. The number of aromatic nitrogens is 2. The molecule has 1 aromatic carbocycles. The second kappa shape index (κ2) is 5.82. The van der Waals surface area contributed by atoms with Crippen LogP contribution in [0.1, 0.15) is 35.2 Å². The van der Waals surface area contributed by atoms with Crippen LogP contribution in [0, 0.1) is 6.92 Å². The Bertz CT molecular complexity index is 681. The summed E-state index contributed by atoms with van der Waals surface area (Å²) in [4.78, 5) is 17.9. The maximum atomic E-state index is 12.6. The highest BCUT2D eigenvalue weighted by molar-refractivity contribution is 5.79. The van der Waals surface area contributed by atoms with Crippen LogP contribution in [0.2, 0.25) is 0 Å². The van der Waals surface area contributed by atoms with Crippen LogP contribution in [0.4, 0.5) is 8.78 Å². The average Bonchev–Trinajstić information content (AvgIpc) is 2.83. The van der Waals surface area contributed by atoms with Gasteiger partial charge in [0.05, 0.1) is 12.3 Å². The molecular weight excluding hydrogens is 292 g/mol. The Balaban J connectivity index is 1.57. The minimum Gasteiger partial charge on any atom is -0.341 e. The molecule has 0 bridgehead atoms. The predicted molar refractivity (Wildman–Crippen MR) is 73.5 cm³/mol. The van der Waals surface area contributed by atoms with Gasteiger partial charge in [-0.15, -0.1) is 0 Å². The van der Waals surface area contributed by atoms with Crippen molar-refractivity contribution in [1.29, 1.82) is 0 Å². The van der Waals surface area contributed by atoms with E-state index in [4.69, 9.17) is 4.52 Å². The van der Waals surface area contributed by atoms with Crippen molar-refractivity contribution in [3.63, 3.8) is 0 Å². The molecule has 2 heterocycles. The molecule has 0 N–H and O–H groups in total. The van der Waals surface area contributed by atoms with Crippen LogP contribution in [0.3, 0.4) is 0 Å². The third-order valence-corrected chi connectivity index (χ3v) is 3.69. The zero-order valence-corrected chi connectivity index (χ0v) is 12.0. The van der Waals surface area contributed by atoms with Gasteiger partial charge >= 0.3 is 0 Å². The lowest BCUT2D eigenvalue weighted by Crippen LogP contribution is -2.49. The second-order valence-corrected chi connectivity index (χ2v) is 5.40. The molecule has 0 atom stereocenters. The Labute approximate surface area is 125 Å². The van der Waals surface area contributed by atoms with Crippen molar-refractivity contribution < 1.29 is 18.1 Å². The number of benzene rings is 1. The largest absolute Gasteiger partial charge is 0.341 e. The van der Waals surface area contributed by atoms with Crippen molar-refractivity contribution in [1.82, 2.24) is 15.0 Å². The van der Waals surface area contributed by atoms with E-state index < -0.39 is 6.43 Å². The van der Waals surface area contributed by atoms with Gasteiger partial charge in [0.1, 0.15) is 0 Å². The Morgan fingerprint density at radius 3 is 2.86 bits per heavy atom. The molecule has 0 radical (unpaired) electrons. The normalized spacial score (nSPS) is 15.2. The zero-order chi connectivity index (χ0) is 15.7. The number of aryl methyl sites for hydroxylation is 1. The number of amides is 1. The molecule has 5 nitrogen and oxygen atoms in total. The van der Waals surface area contributed by atoms with Crippen LogP contribution in [0.15, 0.2) is 28.8 Å². The summed E-state index contributed by atoms with van der Waals surface area (Å²) in [5.74, 6) is 1.10. The minimum absolute atomic E-state index is 0.0619. The molecule has 116 valence electrons. The van der Waals surface area contributed by atoms with Gasteiger partial charge < -0.3 is 9.42 Å². The molecule has 7 heteroatoms. The van der Waals surface area contributed by atoms with Crippen LogP contribution in [-0.4, -0.2) is 34.0 Å². The summed E-state index contributed by atoms with van der Waals surface area (Å²) in [6.07, 6.45) is -2.40. The van der Waals surface area contributed by atoms with Crippen molar-refractivity contribution in [2.45, 2.75) is 25.7 Å². The highest BCUT2D eigenvalue weighted by Crippen LogP contribution is 2.26. The summed E-state index contributed by atoms with van der Waals surface area (Å²) >= 11 is 0. The van der Waals surface area contributed by atoms with Crippen molar-refractivity contribution in [2.75, 3.05) is 13.1 Å². The van der Waals surface area contributed by atoms with Crippen molar-refractivity contribution in [2.24, 2.45) is 0 Å². The Kier molecular flexibility index (Phi) is 3.87. The molecule has 0 unspecified atom stereocenters.